The third-order valence-electron chi connectivity index (χ3n) is 5.69. The predicted octanol–water partition coefficient (Wildman–Crippen LogP) is 4.16. The minimum absolute atomic E-state index is 0.0384. The van der Waals surface area contributed by atoms with Gasteiger partial charge in [-0.15, -0.1) is 10.2 Å². The zero-order valence-corrected chi connectivity index (χ0v) is 28.0. The van der Waals surface area contributed by atoms with Gasteiger partial charge in [0.2, 0.25) is 9.88 Å². The first kappa shape index (κ1) is 35.1. The molecule has 3 aromatic rings. The zero-order valence-electron chi connectivity index (χ0n) is 25.4. The van der Waals surface area contributed by atoms with Crippen LogP contribution in [0.5, 0.6) is 11.5 Å². The second kappa shape index (κ2) is 16.6. The minimum atomic E-state index is -3.95. The van der Waals surface area contributed by atoms with Crippen molar-refractivity contribution in [2.24, 2.45) is 0 Å². The lowest BCUT2D eigenvalue weighted by atomic mass is 10.2. The van der Waals surface area contributed by atoms with Gasteiger partial charge in [0, 0.05) is 18.1 Å². The van der Waals surface area contributed by atoms with E-state index in [0.29, 0.717) is 24.5 Å². The SMILES string of the molecule is CCOC(=O)[C@H](C)NP(=O)(N[C@@H](C)C(=O)OCC)c1nnc(NC(=O)c2cc(OCCc3ccsc3)cc(OC(C)C)c2)s1. The summed E-state index contributed by atoms with van der Waals surface area (Å²) in [5, 5.41) is 20.2. The summed E-state index contributed by atoms with van der Waals surface area (Å²) in [4.78, 5) is 37.9. The third-order valence-corrected chi connectivity index (χ3v) is 10.2. The number of anilines is 1. The molecule has 13 nitrogen and oxygen atoms in total. The van der Waals surface area contributed by atoms with Crippen LogP contribution in [0.4, 0.5) is 5.13 Å². The fourth-order valence-electron chi connectivity index (χ4n) is 3.74. The summed E-state index contributed by atoms with van der Waals surface area (Å²) in [6, 6.07) is 4.88. The van der Waals surface area contributed by atoms with Crippen LogP contribution in [0.25, 0.3) is 0 Å². The van der Waals surface area contributed by atoms with Crippen LogP contribution in [0, 0.1) is 0 Å². The molecule has 2 atom stereocenters. The highest BCUT2D eigenvalue weighted by Crippen LogP contribution is 2.38. The van der Waals surface area contributed by atoms with E-state index < -0.39 is 37.4 Å². The Morgan fingerprint density at radius 1 is 0.932 bits per heavy atom. The number of benzene rings is 1. The van der Waals surface area contributed by atoms with Gasteiger partial charge in [-0.1, -0.05) is 11.3 Å². The van der Waals surface area contributed by atoms with E-state index in [9.17, 15) is 18.9 Å². The average molecular weight is 668 g/mol. The van der Waals surface area contributed by atoms with Crippen molar-refractivity contribution in [3.05, 3.63) is 46.2 Å². The Hall–Kier alpha value is -3.36. The molecule has 1 amide bonds. The number of aromatic nitrogens is 2. The van der Waals surface area contributed by atoms with E-state index in [2.05, 4.69) is 31.1 Å². The number of nitrogens with one attached hydrogen (secondary N) is 3. The van der Waals surface area contributed by atoms with Crippen LogP contribution in [0.2, 0.25) is 0 Å². The summed E-state index contributed by atoms with van der Waals surface area (Å²) in [5.41, 5.74) is 1.40. The molecule has 3 N–H and O–H groups in total. The predicted molar refractivity (Wildman–Crippen MR) is 169 cm³/mol. The molecule has 0 saturated heterocycles. The summed E-state index contributed by atoms with van der Waals surface area (Å²) >= 11 is 2.43. The second-order valence-corrected chi connectivity index (χ2v) is 14.0. The van der Waals surface area contributed by atoms with E-state index in [0.717, 1.165) is 16.9 Å². The van der Waals surface area contributed by atoms with Gasteiger partial charge in [0.1, 0.15) is 23.6 Å². The quantitative estimate of drug-likeness (QED) is 0.139. The number of rotatable bonds is 17. The van der Waals surface area contributed by atoms with E-state index in [4.69, 9.17) is 18.9 Å². The topological polar surface area (TPSA) is 167 Å². The van der Waals surface area contributed by atoms with Crippen LogP contribution < -0.4 is 29.7 Å². The molecule has 0 fully saturated rings. The molecular weight excluding hydrogens is 629 g/mol. The first-order valence-electron chi connectivity index (χ1n) is 14.0. The van der Waals surface area contributed by atoms with Gasteiger partial charge in [0.25, 0.3) is 13.4 Å². The highest BCUT2D eigenvalue weighted by atomic mass is 32.1. The molecule has 0 unspecified atom stereocenters. The molecule has 0 aliphatic rings. The van der Waals surface area contributed by atoms with Crippen molar-refractivity contribution < 1.29 is 37.9 Å². The van der Waals surface area contributed by atoms with Crippen LogP contribution >= 0.6 is 30.1 Å². The van der Waals surface area contributed by atoms with E-state index >= 15 is 0 Å². The summed E-state index contributed by atoms with van der Waals surface area (Å²) in [5.74, 6) is -0.906. The lowest BCUT2D eigenvalue weighted by Crippen LogP contribution is -2.44. The number of carbonyl (C=O) groups is 3. The fraction of sp³-hybridized carbons (Fsp3) is 0.464. The number of esters is 2. The van der Waals surface area contributed by atoms with Crippen LogP contribution in [0.1, 0.15) is 57.5 Å². The van der Waals surface area contributed by atoms with Gasteiger partial charge in [-0.3, -0.25) is 24.3 Å². The highest BCUT2D eigenvalue weighted by Gasteiger charge is 2.37. The Morgan fingerprint density at radius 3 is 2.14 bits per heavy atom. The molecule has 0 radical (unpaired) electrons. The van der Waals surface area contributed by atoms with E-state index in [-0.39, 0.29) is 34.8 Å². The van der Waals surface area contributed by atoms with Crippen molar-refractivity contribution in [1.82, 2.24) is 20.4 Å². The number of thiophene rings is 1. The number of ether oxygens (including phenoxy) is 4. The Labute approximate surface area is 264 Å². The van der Waals surface area contributed by atoms with Crippen molar-refractivity contribution in [3.63, 3.8) is 0 Å². The van der Waals surface area contributed by atoms with Gasteiger partial charge in [0.05, 0.1) is 25.9 Å². The van der Waals surface area contributed by atoms with Crippen LogP contribution in [0.15, 0.2) is 35.0 Å². The summed E-state index contributed by atoms with van der Waals surface area (Å²) < 4.78 is 35.8. The van der Waals surface area contributed by atoms with Crippen molar-refractivity contribution in [2.75, 3.05) is 25.1 Å². The normalized spacial score (nSPS) is 12.8. The number of amides is 1. The molecule has 0 aliphatic carbocycles. The summed E-state index contributed by atoms with van der Waals surface area (Å²) in [6.45, 7) is 10.6. The van der Waals surface area contributed by atoms with Gasteiger partial charge in [-0.25, -0.2) is 10.2 Å². The molecule has 44 heavy (non-hydrogen) atoms. The van der Waals surface area contributed by atoms with Crippen LogP contribution in [-0.2, 0) is 30.0 Å². The van der Waals surface area contributed by atoms with Gasteiger partial charge in [-0.2, -0.15) is 11.3 Å². The molecule has 0 saturated carbocycles. The maximum Gasteiger partial charge on any atom is 0.323 e. The van der Waals surface area contributed by atoms with E-state index in [1.165, 1.54) is 13.8 Å². The molecule has 240 valence electrons. The Kier molecular flexibility index (Phi) is 13.3. The van der Waals surface area contributed by atoms with Gasteiger partial charge in [-0.05, 0) is 76.1 Å². The van der Waals surface area contributed by atoms with Gasteiger partial charge < -0.3 is 18.9 Å². The summed E-state index contributed by atoms with van der Waals surface area (Å²) in [6.07, 6.45) is 0.570. The van der Waals surface area contributed by atoms with Crippen LogP contribution in [0.3, 0.4) is 0 Å². The monoisotopic (exact) mass is 667 g/mol. The molecule has 16 heteroatoms. The first-order valence-corrected chi connectivity index (χ1v) is 17.5. The molecule has 0 aliphatic heterocycles. The molecule has 2 heterocycles. The molecule has 0 spiro atoms. The Balaban J connectivity index is 1.82. The second-order valence-electron chi connectivity index (χ2n) is 9.75. The zero-order chi connectivity index (χ0) is 32.3. The standard InChI is InChI=1S/C28H38N5O8PS2/c1-7-38-25(35)18(5)32-42(37,33-19(6)26(36)39-8-2)28-31-30-27(44-28)29-24(34)21-13-22(15-23(14-21)41-17(3)4)40-11-9-20-10-12-43-16-20/h10,12-19H,7-9,11H2,1-6H3,(H,29,30,34)(H2,32,33,37)/t18-,19-/m0/s1. The third kappa shape index (κ3) is 10.4. The maximum atomic E-state index is 14.1. The lowest BCUT2D eigenvalue weighted by molar-refractivity contribution is -0.145. The summed E-state index contributed by atoms with van der Waals surface area (Å²) in [7, 11) is -3.95. The first-order chi connectivity index (χ1) is 20.9. The Morgan fingerprint density at radius 2 is 1.57 bits per heavy atom. The lowest BCUT2D eigenvalue weighted by Gasteiger charge is -2.24. The van der Waals surface area contributed by atoms with E-state index in [1.807, 2.05) is 25.3 Å². The van der Waals surface area contributed by atoms with Gasteiger partial charge in [0.15, 0.2) is 0 Å². The van der Waals surface area contributed by atoms with Crippen molar-refractivity contribution >= 4 is 57.8 Å². The number of hydrogen-bond donors (Lipinski definition) is 3. The minimum Gasteiger partial charge on any atom is -0.493 e. The van der Waals surface area contributed by atoms with E-state index in [1.54, 1.807) is 43.4 Å². The molecular formula is C28H38N5O8PS2. The number of carbonyl (C=O) groups excluding carboxylic acids is 3. The molecule has 1 aromatic carbocycles. The fourth-order valence-corrected chi connectivity index (χ4v) is 7.78. The average Bonchev–Trinajstić information content (AvgIpc) is 3.65. The largest absolute Gasteiger partial charge is 0.493 e. The molecule has 0 bridgehead atoms. The van der Waals surface area contributed by atoms with Gasteiger partial charge >= 0.3 is 11.9 Å². The number of nitrogens with zero attached hydrogens (tertiary/aromatic N) is 2. The Bertz CT molecular complexity index is 1420. The van der Waals surface area contributed by atoms with Crippen LogP contribution in [-0.4, -0.2) is 66.1 Å². The van der Waals surface area contributed by atoms with Crippen molar-refractivity contribution in [3.8, 4) is 11.5 Å². The molecule has 3 rings (SSSR count). The van der Waals surface area contributed by atoms with Crippen molar-refractivity contribution in [1.29, 1.82) is 0 Å². The molecule has 2 aromatic heterocycles. The van der Waals surface area contributed by atoms with Crippen molar-refractivity contribution in [2.45, 2.75) is 66.2 Å². The maximum absolute atomic E-state index is 14.1. The smallest absolute Gasteiger partial charge is 0.323 e. The highest BCUT2D eigenvalue weighted by molar-refractivity contribution is 7.73. The number of hydrogen-bond acceptors (Lipinski definition) is 12.